The van der Waals surface area contributed by atoms with Crippen LogP contribution in [-0.4, -0.2) is 41.2 Å². The van der Waals surface area contributed by atoms with Gasteiger partial charge in [0.1, 0.15) is 9.84 Å². The van der Waals surface area contributed by atoms with Crippen LogP contribution in [0.4, 0.5) is 0 Å². The van der Waals surface area contributed by atoms with E-state index in [4.69, 9.17) is 4.74 Å². The monoisotopic (exact) mass is 271 g/mol. The Morgan fingerprint density at radius 1 is 1.28 bits per heavy atom. The molecule has 0 amide bonds. The number of hydrogen-bond donors (Lipinski definition) is 1. The zero-order valence-electron chi connectivity index (χ0n) is 11.1. The van der Waals surface area contributed by atoms with Gasteiger partial charge in [0, 0.05) is 19.4 Å². The van der Waals surface area contributed by atoms with Crippen molar-refractivity contribution in [2.24, 2.45) is 0 Å². The number of methoxy groups -OCH3 is 1. The van der Waals surface area contributed by atoms with Gasteiger partial charge in [0.05, 0.1) is 12.4 Å². The molecule has 0 aliphatic rings. The van der Waals surface area contributed by atoms with Gasteiger partial charge in [0.15, 0.2) is 0 Å². The van der Waals surface area contributed by atoms with Crippen LogP contribution < -0.4 is 5.32 Å². The van der Waals surface area contributed by atoms with E-state index in [9.17, 15) is 8.42 Å². The van der Waals surface area contributed by atoms with E-state index in [1.807, 2.05) is 24.3 Å². The lowest BCUT2D eigenvalue weighted by molar-refractivity contribution is 0.202. The third-order valence-corrected chi connectivity index (χ3v) is 3.73. The lowest BCUT2D eigenvalue weighted by Crippen LogP contribution is -2.24. The summed E-state index contributed by atoms with van der Waals surface area (Å²) < 4.78 is 27.7. The molecule has 4 nitrogen and oxygen atoms in total. The van der Waals surface area contributed by atoms with Crippen LogP contribution in [-0.2, 0) is 21.0 Å². The van der Waals surface area contributed by atoms with E-state index in [0.29, 0.717) is 6.61 Å². The van der Waals surface area contributed by atoms with Gasteiger partial charge in [-0.25, -0.2) is 8.42 Å². The van der Waals surface area contributed by atoms with Crippen molar-refractivity contribution in [3.63, 3.8) is 0 Å². The molecular formula is C13H21NO3S. The second-order valence-electron chi connectivity index (χ2n) is 4.42. The van der Waals surface area contributed by atoms with Gasteiger partial charge in [-0.3, -0.25) is 0 Å². The minimum atomic E-state index is -2.99. The Morgan fingerprint density at radius 2 is 1.89 bits per heavy atom. The van der Waals surface area contributed by atoms with E-state index in [1.165, 1.54) is 11.8 Å². The summed E-state index contributed by atoms with van der Waals surface area (Å²) >= 11 is 0. The van der Waals surface area contributed by atoms with E-state index >= 15 is 0 Å². The lowest BCUT2D eigenvalue weighted by Gasteiger charge is -2.16. The standard InChI is InChI=1S/C13H21NO3S/c1-14-13(10-18(3,15)16)12-6-4-11(5-7-12)8-9-17-2/h4-7,13-14H,8-10H2,1-3H3. The molecule has 1 aromatic rings. The molecule has 1 unspecified atom stereocenters. The minimum absolute atomic E-state index is 0.112. The Labute approximate surface area is 109 Å². The van der Waals surface area contributed by atoms with E-state index in [-0.39, 0.29) is 11.8 Å². The SMILES string of the molecule is CNC(CS(C)(=O)=O)c1ccc(CCOC)cc1. The fourth-order valence-corrected chi connectivity index (χ4v) is 2.75. The van der Waals surface area contributed by atoms with Gasteiger partial charge in [-0.15, -0.1) is 0 Å². The third kappa shape index (κ3) is 5.16. The molecule has 0 spiro atoms. The first-order valence-electron chi connectivity index (χ1n) is 5.89. The Kier molecular flexibility index (Phi) is 5.78. The summed E-state index contributed by atoms with van der Waals surface area (Å²) in [5, 5.41) is 3.03. The fraction of sp³-hybridized carbons (Fsp3) is 0.538. The van der Waals surface area contributed by atoms with Crippen molar-refractivity contribution in [2.75, 3.05) is 32.8 Å². The molecule has 0 fully saturated rings. The summed E-state index contributed by atoms with van der Waals surface area (Å²) in [4.78, 5) is 0. The van der Waals surface area contributed by atoms with Crippen LogP contribution in [0.3, 0.4) is 0 Å². The molecule has 1 aromatic carbocycles. The van der Waals surface area contributed by atoms with Gasteiger partial charge in [-0.05, 0) is 24.6 Å². The number of sulfone groups is 1. The third-order valence-electron chi connectivity index (χ3n) is 2.79. The van der Waals surface area contributed by atoms with Crippen molar-refractivity contribution in [1.29, 1.82) is 0 Å². The quantitative estimate of drug-likeness (QED) is 0.809. The largest absolute Gasteiger partial charge is 0.384 e. The Balaban J connectivity index is 2.75. The van der Waals surface area contributed by atoms with Gasteiger partial charge in [-0.1, -0.05) is 24.3 Å². The van der Waals surface area contributed by atoms with E-state index in [2.05, 4.69) is 5.32 Å². The summed E-state index contributed by atoms with van der Waals surface area (Å²) in [5.41, 5.74) is 2.18. The molecule has 5 heteroatoms. The smallest absolute Gasteiger partial charge is 0.149 e. The van der Waals surface area contributed by atoms with E-state index in [1.54, 1.807) is 14.2 Å². The molecule has 0 heterocycles. The van der Waals surface area contributed by atoms with Crippen LogP contribution in [0.5, 0.6) is 0 Å². The molecule has 1 atom stereocenters. The minimum Gasteiger partial charge on any atom is -0.384 e. The van der Waals surface area contributed by atoms with Crippen LogP contribution in [0, 0.1) is 0 Å². The maximum Gasteiger partial charge on any atom is 0.149 e. The Hall–Kier alpha value is -0.910. The normalized spacial score (nSPS) is 13.5. The average Bonchev–Trinajstić information content (AvgIpc) is 2.33. The molecule has 18 heavy (non-hydrogen) atoms. The lowest BCUT2D eigenvalue weighted by atomic mass is 10.0. The first-order valence-corrected chi connectivity index (χ1v) is 7.95. The summed E-state index contributed by atoms with van der Waals surface area (Å²) in [6.45, 7) is 0.693. The molecule has 0 saturated carbocycles. The van der Waals surface area contributed by atoms with E-state index < -0.39 is 9.84 Å². The number of rotatable bonds is 7. The topological polar surface area (TPSA) is 55.4 Å². The highest BCUT2D eigenvalue weighted by molar-refractivity contribution is 7.90. The summed E-state index contributed by atoms with van der Waals surface area (Å²) in [5.74, 6) is 0.112. The molecule has 0 aliphatic heterocycles. The highest BCUT2D eigenvalue weighted by Crippen LogP contribution is 2.15. The zero-order chi connectivity index (χ0) is 13.6. The second-order valence-corrected chi connectivity index (χ2v) is 6.60. The summed E-state index contributed by atoms with van der Waals surface area (Å²) in [7, 11) is 0.460. The maximum atomic E-state index is 11.3. The van der Waals surface area contributed by atoms with Crippen molar-refractivity contribution in [3.05, 3.63) is 35.4 Å². The Bertz CT molecular complexity index is 454. The molecule has 0 saturated heterocycles. The van der Waals surface area contributed by atoms with Crippen LogP contribution in [0.25, 0.3) is 0 Å². The van der Waals surface area contributed by atoms with Crippen LogP contribution in [0.1, 0.15) is 17.2 Å². The second kappa shape index (κ2) is 6.87. The maximum absolute atomic E-state index is 11.3. The molecule has 1 N–H and O–H groups in total. The zero-order valence-corrected chi connectivity index (χ0v) is 12.0. The number of nitrogens with one attached hydrogen (secondary N) is 1. The molecule has 0 radical (unpaired) electrons. The van der Waals surface area contributed by atoms with E-state index in [0.717, 1.165) is 12.0 Å². The van der Waals surface area contributed by atoms with Gasteiger partial charge in [-0.2, -0.15) is 0 Å². The molecule has 102 valence electrons. The average molecular weight is 271 g/mol. The molecule has 0 aromatic heterocycles. The van der Waals surface area contributed by atoms with Crippen LogP contribution in [0.2, 0.25) is 0 Å². The highest BCUT2D eigenvalue weighted by Gasteiger charge is 2.15. The van der Waals surface area contributed by atoms with Crippen molar-refractivity contribution in [1.82, 2.24) is 5.32 Å². The molecular weight excluding hydrogens is 250 g/mol. The number of benzene rings is 1. The van der Waals surface area contributed by atoms with Gasteiger partial charge in [0.2, 0.25) is 0 Å². The summed E-state index contributed by atoms with van der Waals surface area (Å²) in [6.07, 6.45) is 2.12. The van der Waals surface area contributed by atoms with Crippen LogP contribution in [0.15, 0.2) is 24.3 Å². The van der Waals surface area contributed by atoms with Gasteiger partial charge < -0.3 is 10.1 Å². The molecule has 1 rings (SSSR count). The number of hydrogen-bond acceptors (Lipinski definition) is 4. The molecule has 0 bridgehead atoms. The van der Waals surface area contributed by atoms with Gasteiger partial charge in [0.25, 0.3) is 0 Å². The highest BCUT2D eigenvalue weighted by atomic mass is 32.2. The van der Waals surface area contributed by atoms with Crippen molar-refractivity contribution in [2.45, 2.75) is 12.5 Å². The first-order chi connectivity index (χ1) is 8.46. The van der Waals surface area contributed by atoms with Crippen LogP contribution >= 0.6 is 0 Å². The molecule has 0 aliphatic carbocycles. The fourth-order valence-electron chi connectivity index (χ4n) is 1.79. The van der Waals surface area contributed by atoms with Gasteiger partial charge >= 0.3 is 0 Å². The number of ether oxygens (including phenoxy) is 1. The van der Waals surface area contributed by atoms with Crippen molar-refractivity contribution >= 4 is 9.84 Å². The van der Waals surface area contributed by atoms with Crippen molar-refractivity contribution < 1.29 is 13.2 Å². The summed E-state index contributed by atoms with van der Waals surface area (Å²) in [6, 6.07) is 7.81. The first kappa shape index (κ1) is 15.1. The Morgan fingerprint density at radius 3 is 2.33 bits per heavy atom. The predicted octanol–water partition coefficient (Wildman–Crippen LogP) is 1.18. The predicted molar refractivity (Wildman–Crippen MR) is 73.5 cm³/mol. The van der Waals surface area contributed by atoms with Crippen molar-refractivity contribution in [3.8, 4) is 0 Å².